The van der Waals surface area contributed by atoms with Crippen molar-refractivity contribution >= 4 is 33.9 Å². The average Bonchev–Trinajstić information content (AvgIpc) is 2.78. The number of hydrogen-bond acceptors (Lipinski definition) is 7. The molecule has 1 rings (SSSR count). The summed E-state index contributed by atoms with van der Waals surface area (Å²) in [6.07, 6.45) is 0.770. The molecule has 0 aromatic carbocycles. The van der Waals surface area contributed by atoms with Crippen LogP contribution >= 0.6 is 11.3 Å². The minimum Gasteiger partial charge on any atom is -0.465 e. The van der Waals surface area contributed by atoms with Crippen LogP contribution in [-0.4, -0.2) is 58.2 Å². The number of amides is 1. The van der Waals surface area contributed by atoms with Gasteiger partial charge in [0.05, 0.1) is 12.8 Å². The normalized spacial score (nSPS) is 10.3. The highest BCUT2D eigenvalue weighted by molar-refractivity contribution is 7.19. The van der Waals surface area contributed by atoms with Crippen molar-refractivity contribution < 1.29 is 19.1 Å². The van der Waals surface area contributed by atoms with Gasteiger partial charge in [0, 0.05) is 34.4 Å². The Bertz CT molecular complexity index is 514. The maximum Gasteiger partial charge on any atom is 0.343 e. The van der Waals surface area contributed by atoms with Crippen molar-refractivity contribution in [3.63, 3.8) is 0 Å². The Morgan fingerprint density at radius 1 is 1.33 bits per heavy atom. The molecule has 1 heterocycles. The summed E-state index contributed by atoms with van der Waals surface area (Å²) in [5.41, 5.74) is 6.31. The predicted octanol–water partition coefficient (Wildman–Crippen LogP) is 1.27. The van der Waals surface area contributed by atoms with Gasteiger partial charge in [0.15, 0.2) is 0 Å². The SMILES string of the molecule is COCCCNc1sc(C(=O)N(C)C)c(N)c1C(=O)OC. The Hall–Kier alpha value is -1.80. The summed E-state index contributed by atoms with van der Waals surface area (Å²) in [5, 5.41) is 3.65. The first kappa shape index (κ1) is 17.3. The molecular formula is C13H21N3O4S. The third-order valence-electron chi connectivity index (χ3n) is 2.75. The van der Waals surface area contributed by atoms with E-state index in [0.29, 0.717) is 23.0 Å². The summed E-state index contributed by atoms with van der Waals surface area (Å²) in [5.74, 6) is -0.802. The zero-order valence-electron chi connectivity index (χ0n) is 12.7. The fraction of sp³-hybridized carbons (Fsp3) is 0.538. The maximum absolute atomic E-state index is 12.1. The molecule has 1 aromatic heterocycles. The summed E-state index contributed by atoms with van der Waals surface area (Å²) in [6, 6.07) is 0. The van der Waals surface area contributed by atoms with Crippen LogP contribution < -0.4 is 11.1 Å². The van der Waals surface area contributed by atoms with Crippen molar-refractivity contribution in [3.05, 3.63) is 10.4 Å². The van der Waals surface area contributed by atoms with E-state index in [9.17, 15) is 9.59 Å². The fourth-order valence-electron chi connectivity index (χ4n) is 1.65. The van der Waals surface area contributed by atoms with E-state index in [4.69, 9.17) is 15.2 Å². The van der Waals surface area contributed by atoms with Gasteiger partial charge in [-0.15, -0.1) is 11.3 Å². The average molecular weight is 315 g/mol. The fourth-order valence-corrected chi connectivity index (χ4v) is 2.81. The number of thiophene rings is 1. The molecular weight excluding hydrogens is 294 g/mol. The van der Waals surface area contributed by atoms with Crippen LogP contribution in [0.15, 0.2) is 0 Å². The zero-order valence-corrected chi connectivity index (χ0v) is 13.5. The van der Waals surface area contributed by atoms with Crippen LogP contribution in [0.3, 0.4) is 0 Å². The molecule has 0 saturated carbocycles. The van der Waals surface area contributed by atoms with Gasteiger partial charge >= 0.3 is 5.97 Å². The van der Waals surface area contributed by atoms with Crippen LogP contribution in [-0.2, 0) is 9.47 Å². The van der Waals surface area contributed by atoms with Crippen molar-refractivity contribution in [3.8, 4) is 0 Å². The smallest absolute Gasteiger partial charge is 0.343 e. The second kappa shape index (κ2) is 7.84. The minimum atomic E-state index is -0.559. The Labute approximate surface area is 128 Å². The number of ether oxygens (including phenoxy) is 2. The second-order valence-electron chi connectivity index (χ2n) is 4.51. The predicted molar refractivity (Wildman–Crippen MR) is 83.1 cm³/mol. The summed E-state index contributed by atoms with van der Waals surface area (Å²) in [6.45, 7) is 1.21. The lowest BCUT2D eigenvalue weighted by Gasteiger charge is -2.08. The van der Waals surface area contributed by atoms with E-state index in [0.717, 1.165) is 17.8 Å². The summed E-state index contributed by atoms with van der Waals surface area (Å²) in [4.78, 5) is 25.7. The standard InChI is InChI=1S/C13H21N3O4S/c1-16(2)12(17)10-9(14)8(13(18)20-4)11(21-10)15-6-5-7-19-3/h15H,5-7,14H2,1-4H3. The molecule has 0 saturated heterocycles. The first-order valence-electron chi connectivity index (χ1n) is 6.39. The van der Waals surface area contributed by atoms with Crippen molar-refractivity contribution in [2.75, 3.05) is 52.5 Å². The van der Waals surface area contributed by atoms with Crippen LogP contribution in [0.2, 0.25) is 0 Å². The molecule has 0 aliphatic rings. The van der Waals surface area contributed by atoms with Gasteiger partial charge in [0.1, 0.15) is 15.4 Å². The van der Waals surface area contributed by atoms with E-state index >= 15 is 0 Å². The molecule has 1 aromatic rings. The van der Waals surface area contributed by atoms with Gasteiger partial charge in [0.25, 0.3) is 5.91 Å². The van der Waals surface area contributed by atoms with E-state index in [1.165, 1.54) is 12.0 Å². The van der Waals surface area contributed by atoms with Gasteiger partial charge in [-0.2, -0.15) is 0 Å². The van der Waals surface area contributed by atoms with E-state index in [-0.39, 0.29) is 17.2 Å². The van der Waals surface area contributed by atoms with Gasteiger partial charge in [-0.1, -0.05) is 0 Å². The number of nitrogen functional groups attached to an aromatic ring is 1. The first-order valence-corrected chi connectivity index (χ1v) is 7.20. The van der Waals surface area contributed by atoms with E-state index in [2.05, 4.69) is 5.32 Å². The third-order valence-corrected chi connectivity index (χ3v) is 3.90. The number of carbonyl (C=O) groups excluding carboxylic acids is 2. The molecule has 0 bridgehead atoms. The Morgan fingerprint density at radius 2 is 2.00 bits per heavy atom. The summed E-state index contributed by atoms with van der Waals surface area (Å²) < 4.78 is 9.70. The monoisotopic (exact) mass is 315 g/mol. The lowest BCUT2D eigenvalue weighted by Crippen LogP contribution is -2.21. The van der Waals surface area contributed by atoms with Crippen LogP contribution in [0.25, 0.3) is 0 Å². The van der Waals surface area contributed by atoms with E-state index in [1.54, 1.807) is 21.2 Å². The number of anilines is 2. The topological polar surface area (TPSA) is 93.9 Å². The highest BCUT2D eigenvalue weighted by atomic mass is 32.1. The molecule has 0 aliphatic heterocycles. The molecule has 21 heavy (non-hydrogen) atoms. The first-order chi connectivity index (χ1) is 9.93. The number of nitrogens with two attached hydrogens (primary N) is 1. The molecule has 0 unspecified atom stereocenters. The maximum atomic E-state index is 12.1. The van der Waals surface area contributed by atoms with Crippen molar-refractivity contribution in [1.29, 1.82) is 0 Å². The van der Waals surface area contributed by atoms with Crippen molar-refractivity contribution in [1.82, 2.24) is 4.90 Å². The number of carbonyl (C=O) groups is 2. The number of methoxy groups -OCH3 is 2. The number of nitrogens with one attached hydrogen (secondary N) is 1. The Morgan fingerprint density at radius 3 is 2.52 bits per heavy atom. The van der Waals surface area contributed by atoms with E-state index < -0.39 is 5.97 Å². The third kappa shape index (κ3) is 4.08. The van der Waals surface area contributed by atoms with Gasteiger partial charge in [-0.25, -0.2) is 4.79 Å². The quantitative estimate of drug-likeness (QED) is 0.581. The highest BCUT2D eigenvalue weighted by Gasteiger charge is 2.26. The van der Waals surface area contributed by atoms with Gasteiger partial charge in [0.2, 0.25) is 0 Å². The van der Waals surface area contributed by atoms with Gasteiger partial charge in [-0.05, 0) is 6.42 Å². The lowest BCUT2D eigenvalue weighted by molar-refractivity contribution is 0.0603. The Kier molecular flexibility index (Phi) is 6.44. The molecule has 7 nitrogen and oxygen atoms in total. The Balaban J connectivity index is 3.06. The van der Waals surface area contributed by atoms with Crippen LogP contribution in [0.1, 0.15) is 26.5 Å². The molecule has 0 aliphatic carbocycles. The lowest BCUT2D eigenvalue weighted by atomic mass is 10.2. The number of rotatable bonds is 7. The van der Waals surface area contributed by atoms with Crippen LogP contribution in [0.5, 0.6) is 0 Å². The highest BCUT2D eigenvalue weighted by Crippen LogP contribution is 2.36. The molecule has 0 fully saturated rings. The number of hydrogen-bond donors (Lipinski definition) is 2. The van der Waals surface area contributed by atoms with Crippen LogP contribution in [0.4, 0.5) is 10.7 Å². The van der Waals surface area contributed by atoms with Gasteiger partial charge < -0.3 is 25.4 Å². The summed E-state index contributed by atoms with van der Waals surface area (Å²) in [7, 11) is 6.16. The molecule has 1 amide bonds. The molecule has 118 valence electrons. The minimum absolute atomic E-state index is 0.153. The zero-order chi connectivity index (χ0) is 16.0. The molecule has 0 spiro atoms. The van der Waals surface area contributed by atoms with Crippen LogP contribution in [0, 0.1) is 0 Å². The van der Waals surface area contributed by atoms with E-state index in [1.807, 2.05) is 0 Å². The second-order valence-corrected chi connectivity index (χ2v) is 5.53. The largest absolute Gasteiger partial charge is 0.465 e. The molecule has 3 N–H and O–H groups in total. The molecule has 0 radical (unpaired) electrons. The number of nitrogens with zero attached hydrogens (tertiary/aromatic N) is 1. The van der Waals surface area contributed by atoms with Crippen molar-refractivity contribution in [2.24, 2.45) is 0 Å². The summed E-state index contributed by atoms with van der Waals surface area (Å²) >= 11 is 1.16. The molecule has 0 atom stereocenters. The molecule has 8 heteroatoms. The van der Waals surface area contributed by atoms with Gasteiger partial charge in [-0.3, -0.25) is 4.79 Å². The number of esters is 1. The van der Waals surface area contributed by atoms with Crippen molar-refractivity contribution in [2.45, 2.75) is 6.42 Å².